The van der Waals surface area contributed by atoms with Gasteiger partial charge in [0.25, 0.3) is 10.0 Å². The Hall–Kier alpha value is -1.38. The zero-order valence-electron chi connectivity index (χ0n) is 13.9. The quantitative estimate of drug-likeness (QED) is 0.589. The third-order valence-corrected chi connectivity index (χ3v) is 5.77. The summed E-state index contributed by atoms with van der Waals surface area (Å²) in [5, 5.41) is 3.97. The maximum Gasteiger partial charge on any atom is 0.267 e. The Balaban J connectivity index is 2.23. The van der Waals surface area contributed by atoms with E-state index in [9.17, 15) is 8.42 Å². The van der Waals surface area contributed by atoms with Crippen molar-refractivity contribution in [3.05, 3.63) is 41.1 Å². The third-order valence-electron chi connectivity index (χ3n) is 3.46. The molecule has 2 rings (SSSR count). The lowest BCUT2D eigenvalue weighted by molar-refractivity contribution is 0.139. The first-order valence-corrected chi connectivity index (χ1v) is 10.0. The van der Waals surface area contributed by atoms with Crippen LogP contribution in [0, 0.1) is 0 Å². The van der Waals surface area contributed by atoms with E-state index in [-0.39, 0.29) is 11.4 Å². The molecule has 0 spiro atoms. The van der Waals surface area contributed by atoms with Gasteiger partial charge in [0.15, 0.2) is 0 Å². The first kappa shape index (κ1) is 19.0. The average molecular weight is 416 g/mol. The zero-order valence-corrected chi connectivity index (χ0v) is 16.3. The summed E-state index contributed by atoms with van der Waals surface area (Å²) in [7, 11) is -1.99. The number of hydrogen-bond donors (Lipinski definition) is 0. The van der Waals surface area contributed by atoms with Crippen molar-refractivity contribution in [2.45, 2.75) is 24.7 Å². The molecule has 24 heavy (non-hydrogen) atoms. The monoisotopic (exact) mass is 415 g/mol. The molecule has 0 aliphatic heterocycles. The van der Waals surface area contributed by atoms with E-state index in [2.05, 4.69) is 28.0 Å². The van der Waals surface area contributed by atoms with Crippen LogP contribution in [0.25, 0.3) is 0 Å². The van der Waals surface area contributed by atoms with Gasteiger partial charge in [-0.1, -0.05) is 29.3 Å². The second kappa shape index (κ2) is 8.64. The van der Waals surface area contributed by atoms with Gasteiger partial charge < -0.3 is 4.74 Å². The number of halogens is 1. The van der Waals surface area contributed by atoms with Crippen LogP contribution >= 0.6 is 15.9 Å². The first-order valence-electron chi connectivity index (χ1n) is 7.80. The van der Waals surface area contributed by atoms with Crippen molar-refractivity contribution in [2.24, 2.45) is 7.05 Å². The molecule has 8 heteroatoms. The summed E-state index contributed by atoms with van der Waals surface area (Å²) in [5.74, 6) is 0. The molecular formula is C16H22BrN3O3S. The molecule has 0 saturated carbocycles. The van der Waals surface area contributed by atoms with Crippen LogP contribution in [0.15, 0.2) is 46.0 Å². The molecule has 0 aliphatic carbocycles. The van der Waals surface area contributed by atoms with Crippen molar-refractivity contribution in [1.29, 1.82) is 0 Å². The number of aromatic nitrogens is 2. The SMILES string of the molecule is CCCCOCCN(c1ccc(Br)cc1)S(=O)(=O)c1cnn(C)c1. The van der Waals surface area contributed by atoms with Gasteiger partial charge in [0, 0.05) is 24.3 Å². The molecule has 0 fully saturated rings. The normalized spacial score (nSPS) is 11.6. The Morgan fingerprint density at radius 1 is 1.25 bits per heavy atom. The van der Waals surface area contributed by atoms with Crippen LogP contribution in [0.1, 0.15) is 19.8 Å². The second-order valence-electron chi connectivity index (χ2n) is 5.37. The second-order valence-corrected chi connectivity index (χ2v) is 8.15. The van der Waals surface area contributed by atoms with E-state index in [4.69, 9.17) is 4.74 Å². The molecule has 0 saturated heterocycles. The molecule has 2 aromatic rings. The number of rotatable bonds is 9. The molecule has 0 aliphatic rings. The summed E-state index contributed by atoms with van der Waals surface area (Å²) in [6.45, 7) is 3.32. The Kier molecular flexibility index (Phi) is 6.82. The van der Waals surface area contributed by atoms with Gasteiger partial charge in [0.2, 0.25) is 0 Å². The summed E-state index contributed by atoms with van der Waals surface area (Å²) in [4.78, 5) is 0.168. The fraction of sp³-hybridized carbons (Fsp3) is 0.438. The number of unbranched alkanes of at least 4 members (excludes halogenated alkanes) is 1. The van der Waals surface area contributed by atoms with E-state index in [1.807, 2.05) is 12.1 Å². The van der Waals surface area contributed by atoms with Gasteiger partial charge in [-0.3, -0.25) is 8.99 Å². The number of ether oxygens (including phenoxy) is 1. The molecule has 132 valence electrons. The largest absolute Gasteiger partial charge is 0.380 e. The van der Waals surface area contributed by atoms with E-state index < -0.39 is 10.0 Å². The van der Waals surface area contributed by atoms with E-state index in [0.717, 1.165) is 17.3 Å². The molecule has 1 aromatic heterocycles. The average Bonchev–Trinajstić information content (AvgIpc) is 2.99. The smallest absolute Gasteiger partial charge is 0.267 e. The topological polar surface area (TPSA) is 64.4 Å². The zero-order chi connectivity index (χ0) is 17.6. The molecule has 0 amide bonds. The van der Waals surface area contributed by atoms with E-state index in [1.165, 1.54) is 21.4 Å². The van der Waals surface area contributed by atoms with Crippen LogP contribution in [0.4, 0.5) is 5.69 Å². The number of benzene rings is 1. The highest BCUT2D eigenvalue weighted by molar-refractivity contribution is 9.10. The predicted molar refractivity (Wildman–Crippen MR) is 97.6 cm³/mol. The number of hydrogen-bond acceptors (Lipinski definition) is 4. The Bertz CT molecular complexity index is 744. The predicted octanol–water partition coefficient (Wildman–Crippen LogP) is 3.19. The van der Waals surface area contributed by atoms with Crippen molar-refractivity contribution in [3.8, 4) is 0 Å². The lowest BCUT2D eigenvalue weighted by atomic mass is 10.3. The third kappa shape index (κ3) is 4.81. The van der Waals surface area contributed by atoms with Crippen LogP contribution in [-0.4, -0.2) is 38.0 Å². The summed E-state index contributed by atoms with van der Waals surface area (Å²) in [6.07, 6.45) is 4.87. The maximum absolute atomic E-state index is 13.0. The first-order chi connectivity index (χ1) is 11.4. The van der Waals surface area contributed by atoms with Crippen molar-refractivity contribution in [2.75, 3.05) is 24.1 Å². The fourth-order valence-corrected chi connectivity index (χ4v) is 3.85. The van der Waals surface area contributed by atoms with E-state index in [1.54, 1.807) is 19.2 Å². The van der Waals surface area contributed by atoms with Crippen LogP contribution < -0.4 is 4.31 Å². The Labute approximate surface area is 151 Å². The molecule has 0 bridgehead atoms. The molecule has 0 unspecified atom stereocenters. The molecular weight excluding hydrogens is 394 g/mol. The van der Waals surface area contributed by atoms with Crippen LogP contribution in [0.3, 0.4) is 0 Å². The van der Waals surface area contributed by atoms with Gasteiger partial charge in [-0.2, -0.15) is 5.10 Å². The minimum absolute atomic E-state index is 0.168. The fourth-order valence-electron chi connectivity index (χ4n) is 2.15. The van der Waals surface area contributed by atoms with Crippen molar-refractivity contribution < 1.29 is 13.2 Å². The maximum atomic E-state index is 13.0. The molecule has 1 aromatic carbocycles. The summed E-state index contributed by atoms with van der Waals surface area (Å²) < 4.78 is 35.2. The highest BCUT2D eigenvalue weighted by Crippen LogP contribution is 2.24. The Morgan fingerprint density at radius 3 is 2.54 bits per heavy atom. The molecule has 0 N–H and O–H groups in total. The van der Waals surface area contributed by atoms with Gasteiger partial charge in [-0.15, -0.1) is 0 Å². The van der Waals surface area contributed by atoms with Crippen molar-refractivity contribution in [1.82, 2.24) is 9.78 Å². The number of nitrogens with zero attached hydrogens (tertiary/aromatic N) is 3. The van der Waals surface area contributed by atoms with Crippen molar-refractivity contribution in [3.63, 3.8) is 0 Å². The van der Waals surface area contributed by atoms with Gasteiger partial charge >= 0.3 is 0 Å². The lowest BCUT2D eigenvalue weighted by Gasteiger charge is -2.23. The molecule has 0 atom stereocenters. The van der Waals surface area contributed by atoms with Crippen LogP contribution in [0.2, 0.25) is 0 Å². The Morgan fingerprint density at radius 2 is 1.96 bits per heavy atom. The molecule has 6 nitrogen and oxygen atoms in total. The minimum atomic E-state index is -3.68. The minimum Gasteiger partial charge on any atom is -0.380 e. The number of aryl methyl sites for hydroxylation is 1. The highest BCUT2D eigenvalue weighted by Gasteiger charge is 2.26. The summed E-state index contributed by atoms with van der Waals surface area (Å²) >= 11 is 3.37. The van der Waals surface area contributed by atoms with E-state index in [0.29, 0.717) is 18.9 Å². The standard InChI is InChI=1S/C16H22BrN3O3S/c1-3-4-10-23-11-9-20(15-7-5-14(17)6-8-15)24(21,22)16-12-18-19(2)13-16/h5-8,12-13H,3-4,9-11H2,1-2H3. The summed E-state index contributed by atoms with van der Waals surface area (Å²) in [6, 6.07) is 7.17. The van der Waals surface area contributed by atoms with Gasteiger partial charge in [-0.25, -0.2) is 8.42 Å². The van der Waals surface area contributed by atoms with Crippen LogP contribution in [0.5, 0.6) is 0 Å². The number of anilines is 1. The van der Waals surface area contributed by atoms with Gasteiger partial charge in [0.05, 0.1) is 25.0 Å². The molecule has 0 radical (unpaired) electrons. The lowest BCUT2D eigenvalue weighted by Crippen LogP contribution is -2.34. The van der Waals surface area contributed by atoms with Crippen molar-refractivity contribution >= 4 is 31.6 Å². The van der Waals surface area contributed by atoms with Gasteiger partial charge in [0.1, 0.15) is 4.90 Å². The number of sulfonamides is 1. The molecule has 1 heterocycles. The van der Waals surface area contributed by atoms with Crippen LogP contribution in [-0.2, 0) is 21.8 Å². The van der Waals surface area contributed by atoms with E-state index >= 15 is 0 Å². The van der Waals surface area contributed by atoms with Gasteiger partial charge in [-0.05, 0) is 30.7 Å². The summed E-state index contributed by atoms with van der Waals surface area (Å²) in [5.41, 5.74) is 0.598. The highest BCUT2D eigenvalue weighted by atomic mass is 79.9.